The van der Waals surface area contributed by atoms with E-state index in [1.54, 1.807) is 17.8 Å². The second kappa shape index (κ2) is 6.06. The lowest BCUT2D eigenvalue weighted by Gasteiger charge is -2.09. The maximum absolute atomic E-state index is 12.4. The summed E-state index contributed by atoms with van der Waals surface area (Å²) in [6.07, 6.45) is 2.62. The van der Waals surface area contributed by atoms with E-state index in [0.717, 1.165) is 34.3 Å². The number of sulfonamides is 1. The molecule has 0 bridgehead atoms. The van der Waals surface area contributed by atoms with Crippen molar-refractivity contribution in [2.75, 3.05) is 12.3 Å². The van der Waals surface area contributed by atoms with Gasteiger partial charge in [-0.15, -0.1) is 0 Å². The third kappa shape index (κ3) is 3.21. The van der Waals surface area contributed by atoms with Gasteiger partial charge >= 0.3 is 0 Å². The van der Waals surface area contributed by atoms with E-state index in [2.05, 4.69) is 14.3 Å². The van der Waals surface area contributed by atoms with Crippen molar-refractivity contribution >= 4 is 21.8 Å². The van der Waals surface area contributed by atoms with Gasteiger partial charge < -0.3 is 4.57 Å². The summed E-state index contributed by atoms with van der Waals surface area (Å²) in [6, 6.07) is 5.46. The van der Waals surface area contributed by atoms with Crippen LogP contribution in [0.3, 0.4) is 0 Å². The Kier molecular flexibility index (Phi) is 4.29. The van der Waals surface area contributed by atoms with E-state index in [1.165, 1.54) is 0 Å². The smallest absolute Gasteiger partial charge is 0.240 e. The Bertz CT molecular complexity index is 776. The fourth-order valence-electron chi connectivity index (χ4n) is 2.47. The molecule has 118 valence electrons. The highest BCUT2D eigenvalue weighted by atomic mass is 32.2. The zero-order valence-electron chi connectivity index (χ0n) is 12.7. The number of hydrogen-bond donors (Lipinski definition) is 1. The Hall–Kier alpha value is -1.31. The lowest BCUT2D eigenvalue weighted by Crippen LogP contribution is -2.26. The molecule has 3 rings (SSSR count). The van der Waals surface area contributed by atoms with Gasteiger partial charge in [-0.2, -0.15) is 0 Å². The van der Waals surface area contributed by atoms with Gasteiger partial charge in [0.2, 0.25) is 10.0 Å². The summed E-state index contributed by atoms with van der Waals surface area (Å²) in [4.78, 5) is 4.86. The molecule has 0 aliphatic carbocycles. The molecule has 0 amide bonds. The predicted molar refractivity (Wildman–Crippen MR) is 87.8 cm³/mol. The van der Waals surface area contributed by atoms with E-state index in [-0.39, 0.29) is 0 Å². The molecule has 0 spiro atoms. The number of thioether (sulfide) groups is 1. The summed E-state index contributed by atoms with van der Waals surface area (Å²) in [5, 5.41) is 1.03. The molecule has 7 heteroatoms. The van der Waals surface area contributed by atoms with Gasteiger partial charge in [-0.1, -0.05) is 23.9 Å². The van der Waals surface area contributed by atoms with Gasteiger partial charge in [0.05, 0.1) is 10.6 Å². The van der Waals surface area contributed by atoms with Crippen LogP contribution in [0.2, 0.25) is 0 Å². The first-order valence-electron chi connectivity index (χ1n) is 7.21. The maximum atomic E-state index is 12.4. The summed E-state index contributed by atoms with van der Waals surface area (Å²) < 4.78 is 29.6. The highest BCUT2D eigenvalue weighted by molar-refractivity contribution is 7.99. The van der Waals surface area contributed by atoms with Gasteiger partial charge in [0, 0.05) is 31.5 Å². The highest BCUT2D eigenvalue weighted by Gasteiger charge is 2.18. The number of nitrogens with one attached hydrogen (secondary N) is 1. The van der Waals surface area contributed by atoms with Gasteiger partial charge in [0.15, 0.2) is 5.16 Å². The molecule has 2 aromatic rings. The van der Waals surface area contributed by atoms with Crippen molar-refractivity contribution in [1.29, 1.82) is 0 Å². The van der Waals surface area contributed by atoms with Crippen LogP contribution in [0.15, 0.2) is 34.4 Å². The van der Waals surface area contributed by atoms with Crippen molar-refractivity contribution in [3.05, 3.63) is 41.2 Å². The minimum atomic E-state index is -3.47. The highest BCUT2D eigenvalue weighted by Crippen LogP contribution is 2.24. The Balaban J connectivity index is 1.65. The molecule has 1 aromatic heterocycles. The molecule has 0 fully saturated rings. The molecule has 0 saturated carbocycles. The van der Waals surface area contributed by atoms with Crippen LogP contribution in [-0.4, -0.2) is 30.3 Å². The number of aromatic nitrogens is 2. The quantitative estimate of drug-likeness (QED) is 0.908. The molecule has 5 nitrogen and oxygen atoms in total. The van der Waals surface area contributed by atoms with Gasteiger partial charge in [-0.25, -0.2) is 18.1 Å². The number of nitrogens with zero attached hydrogens (tertiary/aromatic N) is 2. The van der Waals surface area contributed by atoms with Crippen LogP contribution < -0.4 is 4.72 Å². The van der Waals surface area contributed by atoms with Crippen LogP contribution in [0.25, 0.3) is 0 Å². The lowest BCUT2D eigenvalue weighted by atomic mass is 10.2. The van der Waals surface area contributed by atoms with Crippen LogP contribution in [-0.2, 0) is 23.0 Å². The monoisotopic (exact) mass is 337 g/mol. The summed E-state index contributed by atoms with van der Waals surface area (Å²) in [5.74, 6) is 1.07. The topological polar surface area (TPSA) is 64.0 Å². The number of hydrogen-bond acceptors (Lipinski definition) is 4. The molecule has 1 aromatic carbocycles. The first-order chi connectivity index (χ1) is 10.5. The number of aryl methyl sites for hydroxylation is 3. The fourth-order valence-corrected chi connectivity index (χ4v) is 4.79. The summed E-state index contributed by atoms with van der Waals surface area (Å²) in [6.45, 7) is 5.05. The van der Waals surface area contributed by atoms with Crippen LogP contribution in [0, 0.1) is 13.8 Å². The van der Waals surface area contributed by atoms with Gasteiger partial charge in [0.25, 0.3) is 0 Å². The third-order valence-corrected chi connectivity index (χ3v) is 6.23. The Labute approximate surface area is 135 Å². The summed E-state index contributed by atoms with van der Waals surface area (Å²) >= 11 is 1.74. The van der Waals surface area contributed by atoms with Crippen LogP contribution in [0.4, 0.5) is 0 Å². The van der Waals surface area contributed by atoms with E-state index in [1.807, 2.05) is 32.2 Å². The molecule has 1 aliphatic heterocycles. The van der Waals surface area contributed by atoms with Crippen LogP contribution >= 0.6 is 11.8 Å². The van der Waals surface area contributed by atoms with E-state index in [9.17, 15) is 8.42 Å². The van der Waals surface area contributed by atoms with Crippen molar-refractivity contribution in [3.63, 3.8) is 0 Å². The molecular formula is C15H19N3O2S2. The molecule has 0 atom stereocenters. The third-order valence-electron chi connectivity index (χ3n) is 3.66. The van der Waals surface area contributed by atoms with Crippen molar-refractivity contribution in [2.24, 2.45) is 0 Å². The molecule has 0 radical (unpaired) electrons. The zero-order valence-corrected chi connectivity index (χ0v) is 14.3. The SMILES string of the molecule is Cc1ccc(C)c(S(=O)(=O)NCCc2cn3c(n2)SCC3)c1. The van der Waals surface area contributed by atoms with Crippen LogP contribution in [0.1, 0.15) is 16.8 Å². The minimum Gasteiger partial charge on any atom is -0.325 e. The summed E-state index contributed by atoms with van der Waals surface area (Å²) in [5.41, 5.74) is 2.63. The molecule has 2 heterocycles. The molecular weight excluding hydrogens is 318 g/mol. The van der Waals surface area contributed by atoms with Crippen molar-refractivity contribution in [3.8, 4) is 0 Å². The van der Waals surface area contributed by atoms with E-state index >= 15 is 0 Å². The summed E-state index contributed by atoms with van der Waals surface area (Å²) in [7, 11) is -3.47. The molecule has 0 saturated heterocycles. The standard InChI is InChI=1S/C15H19N3O2S2/c1-11-3-4-12(2)14(9-11)22(19,20)16-6-5-13-10-18-7-8-21-15(18)17-13/h3-4,9-10,16H,5-8H2,1-2H3. The average molecular weight is 337 g/mol. The van der Waals surface area contributed by atoms with E-state index in [0.29, 0.717) is 17.9 Å². The van der Waals surface area contributed by atoms with E-state index < -0.39 is 10.0 Å². The number of benzene rings is 1. The average Bonchev–Trinajstić information content (AvgIpc) is 3.02. The Morgan fingerprint density at radius 1 is 1.36 bits per heavy atom. The zero-order chi connectivity index (χ0) is 15.7. The van der Waals surface area contributed by atoms with Gasteiger partial charge in [-0.3, -0.25) is 0 Å². The Morgan fingerprint density at radius 2 is 2.18 bits per heavy atom. The van der Waals surface area contributed by atoms with Crippen LogP contribution in [0.5, 0.6) is 0 Å². The van der Waals surface area contributed by atoms with Crippen molar-refractivity contribution < 1.29 is 8.42 Å². The van der Waals surface area contributed by atoms with E-state index in [4.69, 9.17) is 0 Å². The largest absolute Gasteiger partial charge is 0.325 e. The minimum absolute atomic E-state index is 0.357. The molecule has 22 heavy (non-hydrogen) atoms. The first-order valence-corrected chi connectivity index (χ1v) is 9.68. The number of fused-ring (bicyclic) bond motifs is 1. The first kappa shape index (κ1) is 15.6. The lowest BCUT2D eigenvalue weighted by molar-refractivity contribution is 0.580. The predicted octanol–water partition coefficient (Wildman–Crippen LogP) is 2.13. The maximum Gasteiger partial charge on any atom is 0.240 e. The molecule has 0 unspecified atom stereocenters. The molecule has 1 aliphatic rings. The number of rotatable bonds is 5. The fraction of sp³-hybridized carbons (Fsp3) is 0.400. The Morgan fingerprint density at radius 3 is 2.95 bits per heavy atom. The van der Waals surface area contributed by atoms with Crippen molar-refractivity contribution in [2.45, 2.75) is 36.9 Å². The second-order valence-electron chi connectivity index (χ2n) is 5.47. The second-order valence-corrected chi connectivity index (χ2v) is 8.27. The molecule has 1 N–H and O–H groups in total. The van der Waals surface area contributed by atoms with Crippen molar-refractivity contribution in [1.82, 2.24) is 14.3 Å². The van der Waals surface area contributed by atoms with Gasteiger partial charge in [0.1, 0.15) is 0 Å². The number of imidazole rings is 1. The van der Waals surface area contributed by atoms with Gasteiger partial charge in [-0.05, 0) is 31.0 Å². The normalized spacial score (nSPS) is 14.3.